The molecule has 2 aromatic rings. The van der Waals surface area contributed by atoms with E-state index in [1.807, 2.05) is 58.0 Å². The van der Waals surface area contributed by atoms with Crippen molar-refractivity contribution in [1.29, 1.82) is 0 Å². The largest absolute Gasteiger partial charge is 0.486 e. The van der Waals surface area contributed by atoms with Gasteiger partial charge in [-0.1, -0.05) is 23.8 Å². The molecule has 7 heteroatoms. The van der Waals surface area contributed by atoms with Gasteiger partial charge in [-0.25, -0.2) is 4.79 Å². The lowest BCUT2D eigenvalue weighted by Crippen LogP contribution is -2.41. The average Bonchev–Trinajstić information content (AvgIpc) is 2.68. The van der Waals surface area contributed by atoms with Gasteiger partial charge in [0.25, 0.3) is 0 Å². The predicted octanol–water partition coefficient (Wildman–Crippen LogP) is 3.38. The molecule has 29 heavy (non-hydrogen) atoms. The van der Waals surface area contributed by atoms with Crippen LogP contribution in [-0.4, -0.2) is 31.7 Å². The molecule has 154 valence electrons. The van der Waals surface area contributed by atoms with Crippen molar-refractivity contribution in [3.05, 3.63) is 52.6 Å². The fraction of sp³-hybridized carbons (Fsp3) is 0.364. The molecule has 1 aliphatic heterocycles. The van der Waals surface area contributed by atoms with Gasteiger partial charge < -0.3 is 25.4 Å². The van der Waals surface area contributed by atoms with Crippen molar-refractivity contribution in [2.45, 2.75) is 33.7 Å². The maximum atomic E-state index is 12.2. The van der Waals surface area contributed by atoms with Crippen molar-refractivity contribution >= 4 is 17.6 Å². The quantitative estimate of drug-likeness (QED) is 0.722. The highest BCUT2D eigenvalue weighted by Crippen LogP contribution is 2.32. The summed E-state index contributed by atoms with van der Waals surface area (Å²) in [4.78, 5) is 24.4. The maximum Gasteiger partial charge on any atom is 0.315 e. The van der Waals surface area contributed by atoms with Gasteiger partial charge >= 0.3 is 6.03 Å². The van der Waals surface area contributed by atoms with Gasteiger partial charge in [0.2, 0.25) is 5.91 Å². The molecule has 0 aromatic heterocycles. The first-order chi connectivity index (χ1) is 13.8. The standard InChI is InChI=1S/C22H27N3O4/c1-13-9-14(2)21(15(3)10-13)25-20(26)12-23-22(27)24-16(4)17-5-6-18-19(11-17)29-8-7-28-18/h5-6,9-11,16H,7-8,12H2,1-4H3,(H,25,26)(H2,23,24,27)/t16-/m0/s1. The number of hydrogen-bond acceptors (Lipinski definition) is 4. The van der Waals surface area contributed by atoms with Crippen LogP contribution < -0.4 is 25.4 Å². The zero-order valence-corrected chi connectivity index (χ0v) is 17.2. The Morgan fingerprint density at radius 1 is 1.00 bits per heavy atom. The molecule has 2 aromatic carbocycles. The molecule has 3 N–H and O–H groups in total. The van der Waals surface area contributed by atoms with E-state index < -0.39 is 6.03 Å². The van der Waals surface area contributed by atoms with Gasteiger partial charge in [0.1, 0.15) is 13.2 Å². The maximum absolute atomic E-state index is 12.2. The monoisotopic (exact) mass is 397 g/mol. The van der Waals surface area contributed by atoms with Gasteiger partial charge in [0.05, 0.1) is 12.6 Å². The molecule has 0 unspecified atom stereocenters. The number of urea groups is 1. The number of amides is 3. The number of benzene rings is 2. The Kier molecular flexibility index (Phi) is 6.26. The van der Waals surface area contributed by atoms with E-state index in [4.69, 9.17) is 9.47 Å². The average molecular weight is 397 g/mol. The summed E-state index contributed by atoms with van der Waals surface area (Å²) in [5.74, 6) is 1.10. The zero-order chi connectivity index (χ0) is 21.0. The summed E-state index contributed by atoms with van der Waals surface area (Å²) in [7, 11) is 0. The Labute approximate surface area is 170 Å². The molecule has 3 rings (SSSR count). The van der Waals surface area contributed by atoms with E-state index in [9.17, 15) is 9.59 Å². The molecule has 0 saturated carbocycles. The Morgan fingerprint density at radius 2 is 1.66 bits per heavy atom. The fourth-order valence-corrected chi connectivity index (χ4v) is 3.38. The SMILES string of the molecule is Cc1cc(C)c(NC(=O)CNC(=O)N[C@@H](C)c2ccc3c(c2)OCCO3)c(C)c1. The Morgan fingerprint density at radius 3 is 2.34 bits per heavy atom. The van der Waals surface area contributed by atoms with Crippen molar-refractivity contribution in [2.75, 3.05) is 25.1 Å². The van der Waals surface area contributed by atoms with Gasteiger partial charge in [-0.3, -0.25) is 4.79 Å². The van der Waals surface area contributed by atoms with Crippen molar-refractivity contribution in [3.8, 4) is 11.5 Å². The van der Waals surface area contributed by atoms with E-state index >= 15 is 0 Å². The number of hydrogen-bond donors (Lipinski definition) is 3. The van der Waals surface area contributed by atoms with Gasteiger partial charge in [-0.05, 0) is 56.5 Å². The smallest absolute Gasteiger partial charge is 0.315 e. The number of nitrogens with one attached hydrogen (secondary N) is 3. The van der Waals surface area contributed by atoms with Crippen molar-refractivity contribution in [2.24, 2.45) is 0 Å². The van der Waals surface area contributed by atoms with Crippen LogP contribution in [0.3, 0.4) is 0 Å². The molecule has 0 fully saturated rings. The second kappa shape index (κ2) is 8.86. The van der Waals surface area contributed by atoms with Crippen molar-refractivity contribution in [3.63, 3.8) is 0 Å². The molecule has 0 aliphatic carbocycles. The lowest BCUT2D eigenvalue weighted by atomic mass is 10.1. The van der Waals surface area contributed by atoms with Crippen LogP contribution in [0, 0.1) is 20.8 Å². The van der Waals surface area contributed by atoms with E-state index in [1.165, 1.54) is 0 Å². The van der Waals surface area contributed by atoms with Crippen molar-refractivity contribution in [1.82, 2.24) is 10.6 Å². The van der Waals surface area contributed by atoms with Crippen molar-refractivity contribution < 1.29 is 19.1 Å². The number of aryl methyl sites for hydroxylation is 3. The number of ether oxygens (including phenoxy) is 2. The summed E-state index contributed by atoms with van der Waals surface area (Å²) < 4.78 is 11.1. The van der Waals surface area contributed by atoms with Crippen LogP contribution in [0.25, 0.3) is 0 Å². The third-order valence-electron chi connectivity index (χ3n) is 4.76. The fourth-order valence-electron chi connectivity index (χ4n) is 3.38. The number of anilines is 1. The number of carbonyl (C=O) groups excluding carboxylic acids is 2. The molecule has 0 radical (unpaired) electrons. The van der Waals surface area contributed by atoms with Crippen LogP contribution >= 0.6 is 0 Å². The second-order valence-corrected chi connectivity index (χ2v) is 7.27. The Balaban J connectivity index is 1.51. The highest BCUT2D eigenvalue weighted by atomic mass is 16.6. The van der Waals surface area contributed by atoms with E-state index in [-0.39, 0.29) is 18.5 Å². The molecular weight excluding hydrogens is 370 g/mol. The van der Waals surface area contributed by atoms with E-state index in [0.29, 0.717) is 24.7 Å². The highest BCUT2D eigenvalue weighted by Gasteiger charge is 2.16. The summed E-state index contributed by atoms with van der Waals surface area (Å²) in [6.45, 7) is 8.70. The summed E-state index contributed by atoms with van der Waals surface area (Å²) in [6.07, 6.45) is 0. The predicted molar refractivity (Wildman–Crippen MR) is 112 cm³/mol. The summed E-state index contributed by atoms with van der Waals surface area (Å²) in [5, 5.41) is 8.29. The Hall–Kier alpha value is -3.22. The van der Waals surface area contributed by atoms with Gasteiger partial charge in [-0.2, -0.15) is 0 Å². The normalized spacial score (nSPS) is 13.4. The highest BCUT2D eigenvalue weighted by molar-refractivity contribution is 5.95. The molecule has 0 spiro atoms. The molecule has 1 atom stereocenters. The van der Waals surface area contributed by atoms with E-state index in [2.05, 4.69) is 16.0 Å². The minimum Gasteiger partial charge on any atom is -0.486 e. The molecule has 3 amide bonds. The minimum atomic E-state index is -0.417. The zero-order valence-electron chi connectivity index (χ0n) is 17.2. The van der Waals surface area contributed by atoms with Crippen LogP contribution in [0.4, 0.5) is 10.5 Å². The van der Waals surface area contributed by atoms with Crippen LogP contribution in [0.15, 0.2) is 30.3 Å². The molecule has 0 bridgehead atoms. The number of carbonyl (C=O) groups is 2. The van der Waals surface area contributed by atoms with Gasteiger partial charge in [-0.15, -0.1) is 0 Å². The first-order valence-electron chi connectivity index (χ1n) is 9.65. The first-order valence-corrected chi connectivity index (χ1v) is 9.65. The van der Waals surface area contributed by atoms with Gasteiger partial charge in [0, 0.05) is 5.69 Å². The van der Waals surface area contributed by atoms with Crippen LogP contribution in [0.2, 0.25) is 0 Å². The van der Waals surface area contributed by atoms with E-state index in [1.54, 1.807) is 0 Å². The minimum absolute atomic E-state index is 0.119. The lowest BCUT2D eigenvalue weighted by molar-refractivity contribution is -0.115. The molecule has 1 aliphatic rings. The first kappa shape index (κ1) is 20.5. The van der Waals surface area contributed by atoms with Crippen LogP contribution in [-0.2, 0) is 4.79 Å². The third kappa shape index (κ3) is 5.19. The molecular formula is C22H27N3O4. The molecule has 1 heterocycles. The molecule has 0 saturated heterocycles. The number of fused-ring (bicyclic) bond motifs is 1. The van der Waals surface area contributed by atoms with E-state index in [0.717, 1.165) is 27.9 Å². The summed E-state index contributed by atoms with van der Waals surface area (Å²) >= 11 is 0. The molecule has 7 nitrogen and oxygen atoms in total. The third-order valence-corrected chi connectivity index (χ3v) is 4.76. The Bertz CT molecular complexity index is 903. The van der Waals surface area contributed by atoms with Crippen LogP contribution in [0.5, 0.6) is 11.5 Å². The topological polar surface area (TPSA) is 88.7 Å². The van der Waals surface area contributed by atoms with Gasteiger partial charge in [0.15, 0.2) is 11.5 Å². The summed E-state index contributed by atoms with van der Waals surface area (Å²) in [6, 6.07) is 8.92. The number of rotatable bonds is 5. The lowest BCUT2D eigenvalue weighted by Gasteiger charge is -2.21. The second-order valence-electron chi connectivity index (χ2n) is 7.27. The van der Waals surface area contributed by atoms with Crippen LogP contribution in [0.1, 0.15) is 35.2 Å². The summed E-state index contributed by atoms with van der Waals surface area (Å²) in [5.41, 5.74) is 4.80.